The van der Waals surface area contributed by atoms with Crippen molar-refractivity contribution in [2.24, 2.45) is 0 Å². The van der Waals surface area contributed by atoms with Crippen molar-refractivity contribution >= 4 is 17.8 Å². The van der Waals surface area contributed by atoms with Gasteiger partial charge in [0.1, 0.15) is 0 Å². The first-order valence-electron chi connectivity index (χ1n) is 3.87. The molecule has 1 aromatic rings. The fraction of sp³-hybridized carbons (Fsp3) is 0.0909. The Balaban J connectivity index is 2.41. The smallest absolute Gasteiger partial charge is 0.0152 e. The van der Waals surface area contributed by atoms with E-state index in [9.17, 15) is 0 Å². The van der Waals surface area contributed by atoms with Crippen molar-refractivity contribution in [3.8, 4) is 0 Å². The van der Waals surface area contributed by atoms with Crippen LogP contribution in [-0.4, -0.2) is 5.75 Å². The van der Waals surface area contributed by atoms with Crippen molar-refractivity contribution in [1.82, 2.24) is 0 Å². The van der Waals surface area contributed by atoms with Crippen LogP contribution in [0.3, 0.4) is 0 Å². The molecule has 1 aromatic carbocycles. The number of benzene rings is 1. The molecule has 0 aliphatic carbocycles. The molecule has 0 saturated heterocycles. The molecule has 0 radical (unpaired) electrons. The maximum atomic E-state index is 3.65. The quantitative estimate of drug-likeness (QED) is 0.499. The van der Waals surface area contributed by atoms with E-state index in [-0.39, 0.29) is 0 Å². The molecule has 0 aliphatic heterocycles. The van der Waals surface area contributed by atoms with Gasteiger partial charge in [0.15, 0.2) is 0 Å². The molecule has 0 unspecified atom stereocenters. The largest absolute Gasteiger partial charge is 0.130 e. The van der Waals surface area contributed by atoms with Gasteiger partial charge in [0.05, 0.1) is 0 Å². The zero-order chi connectivity index (χ0) is 8.65. The van der Waals surface area contributed by atoms with Crippen molar-refractivity contribution < 1.29 is 0 Å². The fourth-order valence-corrected chi connectivity index (χ4v) is 1.31. The molecule has 0 fully saturated rings. The van der Waals surface area contributed by atoms with E-state index >= 15 is 0 Å². The van der Waals surface area contributed by atoms with Gasteiger partial charge in [-0.25, -0.2) is 0 Å². The number of thioether (sulfide) groups is 1. The van der Waals surface area contributed by atoms with E-state index in [1.54, 1.807) is 11.8 Å². The summed E-state index contributed by atoms with van der Waals surface area (Å²) in [6.45, 7) is 3.65. The number of hydrogen-bond acceptors (Lipinski definition) is 1. The zero-order valence-corrected chi connectivity index (χ0v) is 7.76. The second-order valence-corrected chi connectivity index (χ2v) is 3.27. The Bertz CT molecular complexity index is 249. The Labute approximate surface area is 78.0 Å². The monoisotopic (exact) mass is 176 g/mol. The molecule has 0 heterocycles. The molecule has 62 valence electrons. The molecule has 1 rings (SSSR count). The van der Waals surface area contributed by atoms with E-state index < -0.39 is 0 Å². The third-order valence-electron chi connectivity index (χ3n) is 1.37. The van der Waals surface area contributed by atoms with Crippen LogP contribution in [0.4, 0.5) is 0 Å². The van der Waals surface area contributed by atoms with Crippen LogP contribution >= 0.6 is 11.8 Å². The van der Waals surface area contributed by atoms with Gasteiger partial charge in [0, 0.05) is 5.75 Å². The highest BCUT2D eigenvalue weighted by atomic mass is 32.2. The Hall–Kier alpha value is -0.950. The lowest BCUT2D eigenvalue weighted by Gasteiger charge is -1.90. The zero-order valence-electron chi connectivity index (χ0n) is 6.94. The minimum absolute atomic E-state index is 0.976. The molecule has 0 spiro atoms. The van der Waals surface area contributed by atoms with Gasteiger partial charge in [-0.1, -0.05) is 36.4 Å². The van der Waals surface area contributed by atoms with Gasteiger partial charge in [0.25, 0.3) is 0 Å². The molecular weight excluding hydrogens is 164 g/mol. The lowest BCUT2D eigenvalue weighted by molar-refractivity contribution is 1.66. The van der Waals surface area contributed by atoms with E-state index in [1.807, 2.05) is 24.3 Å². The number of hydrogen-bond donors (Lipinski definition) is 0. The molecule has 0 nitrogen and oxygen atoms in total. The van der Waals surface area contributed by atoms with Gasteiger partial charge >= 0.3 is 0 Å². The molecule has 0 N–H and O–H groups in total. The normalized spacial score (nSPS) is 10.3. The van der Waals surface area contributed by atoms with Crippen molar-refractivity contribution in [2.45, 2.75) is 0 Å². The van der Waals surface area contributed by atoms with Crippen LogP contribution in [0.1, 0.15) is 5.56 Å². The van der Waals surface area contributed by atoms with Crippen molar-refractivity contribution in [3.05, 3.63) is 54.0 Å². The predicted molar refractivity (Wildman–Crippen MR) is 58.1 cm³/mol. The molecule has 0 aliphatic rings. The van der Waals surface area contributed by atoms with E-state index in [0.717, 1.165) is 5.75 Å². The number of rotatable bonds is 4. The molecule has 0 aromatic heterocycles. The SMILES string of the molecule is C=CCS/C=C/c1ccccc1. The minimum atomic E-state index is 0.976. The van der Waals surface area contributed by atoms with Gasteiger partial charge in [-0.15, -0.1) is 18.3 Å². The summed E-state index contributed by atoms with van der Waals surface area (Å²) in [4.78, 5) is 0. The topological polar surface area (TPSA) is 0 Å². The molecule has 12 heavy (non-hydrogen) atoms. The summed E-state index contributed by atoms with van der Waals surface area (Å²) >= 11 is 1.75. The Kier molecular flexibility index (Phi) is 4.32. The van der Waals surface area contributed by atoms with E-state index in [1.165, 1.54) is 5.56 Å². The Morgan fingerprint density at radius 1 is 1.25 bits per heavy atom. The summed E-state index contributed by atoms with van der Waals surface area (Å²) in [6.07, 6.45) is 4.01. The third-order valence-corrected chi connectivity index (χ3v) is 2.13. The summed E-state index contributed by atoms with van der Waals surface area (Å²) in [5.41, 5.74) is 1.24. The second kappa shape index (κ2) is 5.67. The first kappa shape index (κ1) is 9.14. The van der Waals surface area contributed by atoms with Crippen LogP contribution in [0, 0.1) is 0 Å². The molecule has 0 saturated carbocycles. The predicted octanol–water partition coefficient (Wildman–Crippen LogP) is 3.58. The van der Waals surface area contributed by atoms with Crippen LogP contribution < -0.4 is 0 Å². The molecule has 1 heteroatoms. The summed E-state index contributed by atoms with van der Waals surface area (Å²) in [7, 11) is 0. The maximum absolute atomic E-state index is 3.65. The Morgan fingerprint density at radius 2 is 2.00 bits per heavy atom. The third kappa shape index (κ3) is 3.44. The van der Waals surface area contributed by atoms with Gasteiger partial charge < -0.3 is 0 Å². The van der Waals surface area contributed by atoms with Crippen molar-refractivity contribution in [1.29, 1.82) is 0 Å². The Morgan fingerprint density at radius 3 is 2.67 bits per heavy atom. The molecule has 0 amide bonds. The van der Waals surface area contributed by atoms with Gasteiger partial charge in [-0.05, 0) is 17.0 Å². The summed E-state index contributed by atoms with van der Waals surface area (Å²) in [5, 5.41) is 2.09. The van der Waals surface area contributed by atoms with Crippen LogP contribution in [0.2, 0.25) is 0 Å². The lowest BCUT2D eigenvalue weighted by atomic mass is 10.2. The van der Waals surface area contributed by atoms with E-state index in [2.05, 4.69) is 30.2 Å². The van der Waals surface area contributed by atoms with Crippen molar-refractivity contribution in [2.75, 3.05) is 5.75 Å². The maximum Gasteiger partial charge on any atom is 0.0152 e. The van der Waals surface area contributed by atoms with Crippen molar-refractivity contribution in [3.63, 3.8) is 0 Å². The first-order chi connectivity index (χ1) is 5.93. The summed E-state index contributed by atoms with van der Waals surface area (Å²) in [6, 6.07) is 10.3. The average molecular weight is 176 g/mol. The molecular formula is C11H12S. The molecule has 0 bridgehead atoms. The first-order valence-corrected chi connectivity index (χ1v) is 4.92. The van der Waals surface area contributed by atoms with Gasteiger partial charge in [0.2, 0.25) is 0 Å². The average Bonchev–Trinajstić information content (AvgIpc) is 2.14. The van der Waals surface area contributed by atoms with Crippen LogP contribution in [0.5, 0.6) is 0 Å². The lowest BCUT2D eigenvalue weighted by Crippen LogP contribution is -1.67. The van der Waals surface area contributed by atoms with Gasteiger partial charge in [-0.2, -0.15) is 0 Å². The van der Waals surface area contributed by atoms with Crippen LogP contribution in [0.15, 0.2) is 48.4 Å². The molecule has 0 atom stereocenters. The fourth-order valence-electron chi connectivity index (χ4n) is 0.814. The minimum Gasteiger partial charge on any atom is -0.130 e. The second-order valence-electron chi connectivity index (χ2n) is 2.34. The summed E-state index contributed by atoms with van der Waals surface area (Å²) in [5.74, 6) is 0.976. The van der Waals surface area contributed by atoms with Gasteiger partial charge in [-0.3, -0.25) is 0 Å². The van der Waals surface area contributed by atoms with Crippen LogP contribution in [0.25, 0.3) is 6.08 Å². The van der Waals surface area contributed by atoms with E-state index in [0.29, 0.717) is 0 Å². The van der Waals surface area contributed by atoms with Crippen LogP contribution in [-0.2, 0) is 0 Å². The van der Waals surface area contributed by atoms with E-state index in [4.69, 9.17) is 0 Å². The highest BCUT2D eigenvalue weighted by Gasteiger charge is 1.81. The highest BCUT2D eigenvalue weighted by Crippen LogP contribution is 2.07. The highest BCUT2D eigenvalue weighted by molar-refractivity contribution is 8.02. The summed E-state index contributed by atoms with van der Waals surface area (Å²) < 4.78 is 0. The standard InChI is InChI=1S/C11H12S/c1-2-9-12-10-8-11-6-4-3-5-7-11/h2-8,10H,1,9H2/b10-8+.